The van der Waals surface area contributed by atoms with Gasteiger partial charge in [0.2, 0.25) is 5.91 Å². The molecule has 1 saturated heterocycles. The van der Waals surface area contributed by atoms with E-state index in [-0.39, 0.29) is 36.5 Å². The summed E-state index contributed by atoms with van der Waals surface area (Å²) in [6.07, 6.45) is 0.365. The Hall–Kier alpha value is -0.850. The van der Waals surface area contributed by atoms with E-state index in [0.717, 1.165) is 36.2 Å². The molecule has 112 valence electrons. The Morgan fingerprint density at radius 2 is 2.25 bits per heavy atom. The van der Waals surface area contributed by atoms with Crippen LogP contribution in [0.2, 0.25) is 0 Å². The molecule has 3 nitrogen and oxygen atoms in total. The van der Waals surface area contributed by atoms with E-state index in [9.17, 15) is 13.6 Å². The second kappa shape index (κ2) is 8.44. The maximum atomic E-state index is 13.3. The minimum Gasteiger partial charge on any atom is -0.352 e. The molecule has 1 amide bonds. The quantitative estimate of drug-likeness (QED) is 0.892. The summed E-state index contributed by atoms with van der Waals surface area (Å²) in [4.78, 5) is 11.7. The maximum Gasteiger partial charge on any atom is 0.221 e. The van der Waals surface area contributed by atoms with Crippen LogP contribution in [-0.2, 0) is 11.3 Å². The third kappa shape index (κ3) is 5.26. The molecule has 1 aromatic carbocycles. The zero-order valence-electron chi connectivity index (χ0n) is 10.8. The van der Waals surface area contributed by atoms with Crippen molar-refractivity contribution in [2.75, 3.05) is 18.1 Å². The average molecular weight is 323 g/mol. The number of amides is 1. The number of hydrogen-bond donors (Lipinski definition) is 2. The van der Waals surface area contributed by atoms with E-state index < -0.39 is 11.6 Å². The minimum atomic E-state index is -0.506. The molecule has 0 aromatic heterocycles. The number of hydrogen-bond acceptors (Lipinski definition) is 3. The molecular weight excluding hydrogens is 306 g/mol. The van der Waals surface area contributed by atoms with Crippen molar-refractivity contribution in [1.82, 2.24) is 10.6 Å². The summed E-state index contributed by atoms with van der Waals surface area (Å²) in [5.74, 6) is 0.807. The predicted molar refractivity (Wildman–Crippen MR) is 79.2 cm³/mol. The van der Waals surface area contributed by atoms with Gasteiger partial charge in [0.1, 0.15) is 11.6 Å². The number of halogens is 3. The summed E-state index contributed by atoms with van der Waals surface area (Å²) in [6, 6.07) is 3.39. The molecule has 1 aliphatic heterocycles. The van der Waals surface area contributed by atoms with Gasteiger partial charge in [0, 0.05) is 42.6 Å². The molecule has 2 rings (SSSR count). The number of carbonyl (C=O) groups excluding carboxylic acids is 1. The molecule has 2 N–H and O–H groups in total. The number of nitrogens with one attached hydrogen (secondary N) is 2. The molecule has 0 radical (unpaired) electrons. The Morgan fingerprint density at radius 1 is 1.45 bits per heavy atom. The summed E-state index contributed by atoms with van der Waals surface area (Å²) < 4.78 is 26.3. The molecule has 1 unspecified atom stereocenters. The zero-order valence-corrected chi connectivity index (χ0v) is 12.5. The molecule has 0 aliphatic carbocycles. The van der Waals surface area contributed by atoms with E-state index in [1.54, 1.807) is 0 Å². The molecule has 1 aliphatic rings. The lowest BCUT2D eigenvalue weighted by Gasteiger charge is -2.22. The summed E-state index contributed by atoms with van der Waals surface area (Å²) in [5.41, 5.74) is 0.166. The molecule has 7 heteroatoms. The Morgan fingerprint density at radius 3 is 2.95 bits per heavy atom. The third-order valence-electron chi connectivity index (χ3n) is 2.91. The standard InChI is InChI=1S/C13H16F2N2OS.ClH/c14-10-1-2-12(15)9(5-10)7-17-13(18)6-11-8-19-4-3-16-11;/h1-2,5,11,16H,3-4,6-8H2,(H,17,18);1H. The highest BCUT2D eigenvalue weighted by Gasteiger charge is 2.16. The molecule has 1 fully saturated rings. The lowest BCUT2D eigenvalue weighted by atomic mass is 10.2. The highest BCUT2D eigenvalue weighted by atomic mass is 35.5. The Kier molecular flexibility index (Phi) is 7.26. The van der Waals surface area contributed by atoms with Crippen molar-refractivity contribution in [3.05, 3.63) is 35.4 Å². The topological polar surface area (TPSA) is 41.1 Å². The second-order valence-electron chi connectivity index (χ2n) is 4.44. The summed E-state index contributed by atoms with van der Waals surface area (Å²) >= 11 is 1.81. The van der Waals surface area contributed by atoms with Crippen LogP contribution in [0.25, 0.3) is 0 Å². The fourth-order valence-corrected chi connectivity index (χ4v) is 2.87. The SMILES string of the molecule is Cl.O=C(CC1CSCCN1)NCc1cc(F)ccc1F. The van der Waals surface area contributed by atoms with Crippen LogP contribution in [0.4, 0.5) is 8.78 Å². The maximum absolute atomic E-state index is 13.3. The van der Waals surface area contributed by atoms with Crippen molar-refractivity contribution in [3.63, 3.8) is 0 Å². The average Bonchev–Trinajstić information content (AvgIpc) is 2.41. The highest BCUT2D eigenvalue weighted by molar-refractivity contribution is 7.99. The first-order valence-electron chi connectivity index (χ1n) is 6.17. The lowest BCUT2D eigenvalue weighted by molar-refractivity contribution is -0.121. The molecule has 1 atom stereocenters. The number of carbonyl (C=O) groups is 1. The third-order valence-corrected chi connectivity index (χ3v) is 4.04. The van der Waals surface area contributed by atoms with E-state index in [0.29, 0.717) is 6.42 Å². The van der Waals surface area contributed by atoms with Crippen molar-refractivity contribution in [1.29, 1.82) is 0 Å². The molecule has 1 aromatic rings. The van der Waals surface area contributed by atoms with Gasteiger partial charge in [-0.05, 0) is 18.2 Å². The lowest BCUT2D eigenvalue weighted by Crippen LogP contribution is -2.41. The molecule has 0 spiro atoms. The molecule has 1 heterocycles. The number of benzene rings is 1. The minimum absolute atomic E-state index is 0. The first kappa shape index (κ1) is 17.2. The van der Waals surface area contributed by atoms with Crippen molar-refractivity contribution in [2.24, 2.45) is 0 Å². The summed E-state index contributed by atoms with van der Waals surface area (Å²) in [7, 11) is 0. The highest BCUT2D eigenvalue weighted by Crippen LogP contribution is 2.11. The zero-order chi connectivity index (χ0) is 13.7. The Labute approximate surface area is 127 Å². The molecule has 0 bridgehead atoms. The largest absolute Gasteiger partial charge is 0.352 e. The second-order valence-corrected chi connectivity index (χ2v) is 5.59. The Bertz CT molecular complexity index is 456. The molecule has 0 saturated carbocycles. The Balaban J connectivity index is 0.00000200. The van der Waals surface area contributed by atoms with Crippen LogP contribution in [0.3, 0.4) is 0 Å². The first-order valence-corrected chi connectivity index (χ1v) is 7.32. The number of thioether (sulfide) groups is 1. The van der Waals surface area contributed by atoms with Gasteiger partial charge < -0.3 is 10.6 Å². The van der Waals surface area contributed by atoms with Crippen LogP contribution >= 0.6 is 24.2 Å². The van der Waals surface area contributed by atoms with Crippen molar-refractivity contribution in [3.8, 4) is 0 Å². The fourth-order valence-electron chi connectivity index (χ4n) is 1.92. The van der Waals surface area contributed by atoms with Crippen LogP contribution in [0, 0.1) is 11.6 Å². The van der Waals surface area contributed by atoms with E-state index in [1.807, 2.05) is 11.8 Å². The van der Waals surface area contributed by atoms with Crippen molar-refractivity contribution in [2.45, 2.75) is 19.0 Å². The van der Waals surface area contributed by atoms with E-state index in [2.05, 4.69) is 10.6 Å². The van der Waals surface area contributed by atoms with Crippen LogP contribution in [0.1, 0.15) is 12.0 Å². The van der Waals surface area contributed by atoms with Crippen molar-refractivity contribution < 1.29 is 13.6 Å². The summed E-state index contributed by atoms with van der Waals surface area (Å²) in [5, 5.41) is 5.87. The van der Waals surface area contributed by atoms with Crippen LogP contribution < -0.4 is 10.6 Å². The molecule has 20 heavy (non-hydrogen) atoms. The molecular formula is C13H17ClF2N2OS. The number of rotatable bonds is 4. The van der Waals surface area contributed by atoms with Gasteiger partial charge in [-0.25, -0.2) is 8.78 Å². The van der Waals surface area contributed by atoms with Gasteiger partial charge in [0.15, 0.2) is 0 Å². The van der Waals surface area contributed by atoms with Crippen LogP contribution in [0.5, 0.6) is 0 Å². The van der Waals surface area contributed by atoms with Gasteiger partial charge in [-0.3, -0.25) is 4.79 Å². The van der Waals surface area contributed by atoms with Gasteiger partial charge >= 0.3 is 0 Å². The van der Waals surface area contributed by atoms with Gasteiger partial charge in [0.05, 0.1) is 0 Å². The van der Waals surface area contributed by atoms with E-state index in [1.165, 1.54) is 0 Å². The predicted octanol–water partition coefficient (Wildman–Crippen LogP) is 2.10. The van der Waals surface area contributed by atoms with Crippen LogP contribution in [0.15, 0.2) is 18.2 Å². The van der Waals surface area contributed by atoms with Crippen molar-refractivity contribution >= 4 is 30.1 Å². The van der Waals surface area contributed by atoms with Crippen LogP contribution in [-0.4, -0.2) is 30.0 Å². The van der Waals surface area contributed by atoms with Gasteiger partial charge in [-0.2, -0.15) is 11.8 Å². The van der Waals surface area contributed by atoms with Gasteiger partial charge in [0.25, 0.3) is 0 Å². The van der Waals surface area contributed by atoms with Gasteiger partial charge in [-0.1, -0.05) is 0 Å². The van der Waals surface area contributed by atoms with E-state index in [4.69, 9.17) is 0 Å². The first-order chi connectivity index (χ1) is 9.15. The normalized spacial score (nSPS) is 18.2. The monoisotopic (exact) mass is 322 g/mol. The fraction of sp³-hybridized carbons (Fsp3) is 0.462. The van der Waals surface area contributed by atoms with Gasteiger partial charge in [-0.15, -0.1) is 12.4 Å². The smallest absolute Gasteiger partial charge is 0.221 e. The summed E-state index contributed by atoms with van der Waals surface area (Å²) in [6.45, 7) is 0.920. The van der Waals surface area contributed by atoms with E-state index >= 15 is 0 Å².